The molecule has 0 fully saturated rings. The minimum Gasteiger partial charge on any atom is -0.466 e. The molecule has 3 unspecified atom stereocenters. The van der Waals surface area contributed by atoms with Crippen LogP contribution in [0.2, 0.25) is 5.02 Å². The number of hydrogen-bond acceptors (Lipinski definition) is 6. The molecule has 27 heavy (non-hydrogen) atoms. The summed E-state index contributed by atoms with van der Waals surface area (Å²) in [5, 5.41) is 3.91. The topological polar surface area (TPSA) is 64.6 Å². The summed E-state index contributed by atoms with van der Waals surface area (Å²) < 4.78 is 9.52. The van der Waals surface area contributed by atoms with Crippen LogP contribution in [0.1, 0.15) is 34.1 Å². The van der Waals surface area contributed by atoms with Gasteiger partial charge in [0.25, 0.3) is 0 Å². The first-order chi connectivity index (χ1) is 12.8. The van der Waals surface area contributed by atoms with E-state index in [1.54, 1.807) is 12.1 Å². The fraction of sp³-hybridized carbons (Fsp3) is 0.500. The van der Waals surface area contributed by atoms with Crippen molar-refractivity contribution in [3.05, 3.63) is 40.6 Å². The lowest BCUT2D eigenvalue weighted by atomic mass is 9.78. The smallest absolute Gasteiger partial charge is 0.335 e. The Morgan fingerprint density at radius 3 is 2.44 bits per heavy atom. The van der Waals surface area contributed by atoms with Crippen LogP contribution < -0.4 is 5.32 Å². The molecule has 0 bridgehead atoms. The SMILES string of the molecule is CCCOC(=O)C1(Sc2ccc(Cl)cc2)C(C)NC(C)=C(C(=O)OC)C1C. The van der Waals surface area contributed by atoms with Gasteiger partial charge in [-0.05, 0) is 44.5 Å². The van der Waals surface area contributed by atoms with Crippen LogP contribution in [-0.2, 0) is 19.1 Å². The van der Waals surface area contributed by atoms with E-state index in [0.29, 0.717) is 17.2 Å². The molecule has 0 spiro atoms. The van der Waals surface area contributed by atoms with E-state index >= 15 is 0 Å². The van der Waals surface area contributed by atoms with Crippen LogP contribution in [0, 0.1) is 5.92 Å². The average molecular weight is 412 g/mol. The van der Waals surface area contributed by atoms with Crippen LogP contribution in [0.3, 0.4) is 0 Å². The Hall–Kier alpha value is -1.66. The van der Waals surface area contributed by atoms with Gasteiger partial charge in [0, 0.05) is 27.6 Å². The number of carbonyl (C=O) groups excluding carboxylic acids is 2. The zero-order chi connectivity index (χ0) is 20.2. The van der Waals surface area contributed by atoms with Gasteiger partial charge in [-0.15, -0.1) is 11.8 Å². The van der Waals surface area contributed by atoms with Gasteiger partial charge in [0.2, 0.25) is 0 Å². The van der Waals surface area contributed by atoms with Crippen molar-refractivity contribution in [2.45, 2.75) is 49.8 Å². The van der Waals surface area contributed by atoms with Gasteiger partial charge in [-0.2, -0.15) is 0 Å². The van der Waals surface area contributed by atoms with Gasteiger partial charge in [-0.25, -0.2) is 4.79 Å². The van der Waals surface area contributed by atoms with E-state index in [1.165, 1.54) is 18.9 Å². The fourth-order valence-corrected chi connectivity index (χ4v) is 4.90. The lowest BCUT2D eigenvalue weighted by Crippen LogP contribution is -2.60. The average Bonchev–Trinajstić information content (AvgIpc) is 2.64. The third-order valence-electron chi connectivity index (χ3n) is 4.82. The molecule has 1 aromatic carbocycles. The van der Waals surface area contributed by atoms with Crippen molar-refractivity contribution in [2.24, 2.45) is 5.92 Å². The maximum Gasteiger partial charge on any atom is 0.335 e. The van der Waals surface area contributed by atoms with Crippen LogP contribution in [0.25, 0.3) is 0 Å². The molecular formula is C20H26ClNO4S. The van der Waals surface area contributed by atoms with Crippen LogP contribution in [0.15, 0.2) is 40.4 Å². The summed E-state index contributed by atoms with van der Waals surface area (Å²) in [7, 11) is 1.34. The highest BCUT2D eigenvalue weighted by Crippen LogP contribution is 2.48. The molecule has 0 aliphatic carbocycles. The maximum absolute atomic E-state index is 13.3. The van der Waals surface area contributed by atoms with Gasteiger partial charge >= 0.3 is 11.9 Å². The third-order valence-corrected chi connectivity index (χ3v) is 6.79. The molecule has 0 aromatic heterocycles. The summed E-state index contributed by atoms with van der Waals surface area (Å²) in [6.45, 7) is 7.92. The summed E-state index contributed by atoms with van der Waals surface area (Å²) in [4.78, 5) is 26.5. The van der Waals surface area contributed by atoms with Crippen molar-refractivity contribution in [1.82, 2.24) is 5.32 Å². The molecule has 1 aliphatic rings. The molecule has 0 radical (unpaired) electrons. The standard InChI is InChI=1S/C20H26ClNO4S/c1-6-11-26-19(24)20(27-16-9-7-15(21)8-10-16)12(2)17(18(23)25-5)13(3)22-14(20)4/h7-10,12,14,22H,6,11H2,1-5H3. The molecule has 148 valence electrons. The number of rotatable bonds is 6. The van der Waals surface area contributed by atoms with Crippen molar-refractivity contribution >= 4 is 35.3 Å². The van der Waals surface area contributed by atoms with Crippen molar-refractivity contribution in [1.29, 1.82) is 0 Å². The second-order valence-corrected chi connectivity index (χ2v) is 8.39. The van der Waals surface area contributed by atoms with E-state index in [-0.39, 0.29) is 12.0 Å². The number of carbonyl (C=O) groups is 2. The molecule has 1 aromatic rings. The number of nitrogens with one attached hydrogen (secondary N) is 1. The monoisotopic (exact) mass is 411 g/mol. The highest BCUT2D eigenvalue weighted by molar-refractivity contribution is 8.01. The number of esters is 2. The van der Waals surface area contributed by atoms with E-state index in [2.05, 4.69) is 5.32 Å². The first-order valence-electron chi connectivity index (χ1n) is 8.95. The number of thioether (sulfide) groups is 1. The quantitative estimate of drug-likeness (QED) is 0.708. The largest absolute Gasteiger partial charge is 0.466 e. The number of allylic oxidation sites excluding steroid dienone is 1. The van der Waals surface area contributed by atoms with Gasteiger partial charge in [-0.3, -0.25) is 4.79 Å². The maximum atomic E-state index is 13.3. The Labute approximate surface area is 169 Å². The van der Waals surface area contributed by atoms with Crippen LogP contribution >= 0.6 is 23.4 Å². The number of benzene rings is 1. The van der Waals surface area contributed by atoms with Gasteiger partial charge in [0.15, 0.2) is 0 Å². The van der Waals surface area contributed by atoms with Crippen molar-refractivity contribution in [3.63, 3.8) is 0 Å². The molecule has 2 rings (SSSR count). The number of ether oxygens (including phenoxy) is 2. The van der Waals surface area contributed by atoms with Gasteiger partial charge < -0.3 is 14.8 Å². The molecular weight excluding hydrogens is 386 g/mol. The number of hydrogen-bond donors (Lipinski definition) is 1. The van der Waals surface area contributed by atoms with E-state index in [9.17, 15) is 9.59 Å². The van der Waals surface area contributed by atoms with Gasteiger partial charge in [0.05, 0.1) is 19.3 Å². The molecule has 0 amide bonds. The number of halogens is 1. The highest BCUT2D eigenvalue weighted by atomic mass is 35.5. The summed E-state index contributed by atoms with van der Waals surface area (Å²) in [6, 6.07) is 7.03. The van der Waals surface area contributed by atoms with Crippen LogP contribution in [-0.4, -0.2) is 36.4 Å². The first-order valence-corrected chi connectivity index (χ1v) is 10.1. The molecule has 7 heteroatoms. The van der Waals surface area contributed by atoms with E-state index < -0.39 is 16.6 Å². The predicted octanol–water partition coefficient (Wildman–Crippen LogP) is 4.20. The summed E-state index contributed by atoms with van der Waals surface area (Å²) in [5.74, 6) is -1.19. The predicted molar refractivity (Wildman–Crippen MR) is 108 cm³/mol. The normalized spacial score (nSPS) is 25.0. The van der Waals surface area contributed by atoms with Crippen LogP contribution in [0.5, 0.6) is 0 Å². The molecule has 1 heterocycles. The van der Waals surface area contributed by atoms with E-state index in [0.717, 1.165) is 17.0 Å². The molecule has 1 aliphatic heterocycles. The lowest BCUT2D eigenvalue weighted by molar-refractivity contribution is -0.149. The molecule has 5 nitrogen and oxygen atoms in total. The zero-order valence-electron chi connectivity index (χ0n) is 16.3. The Bertz CT molecular complexity index is 734. The molecule has 1 N–H and O–H groups in total. The van der Waals surface area contributed by atoms with Gasteiger partial charge in [0.1, 0.15) is 4.75 Å². The zero-order valence-corrected chi connectivity index (χ0v) is 17.9. The summed E-state index contributed by atoms with van der Waals surface area (Å²) >= 11 is 7.39. The third kappa shape index (κ3) is 4.27. The number of methoxy groups -OCH3 is 1. The van der Waals surface area contributed by atoms with E-state index in [4.69, 9.17) is 21.1 Å². The minimum absolute atomic E-state index is 0.258. The second kappa shape index (κ2) is 9.02. The van der Waals surface area contributed by atoms with Crippen LogP contribution in [0.4, 0.5) is 0 Å². The van der Waals surface area contributed by atoms with Crippen molar-refractivity contribution in [3.8, 4) is 0 Å². The molecule has 3 atom stereocenters. The van der Waals surface area contributed by atoms with Gasteiger partial charge in [-0.1, -0.05) is 25.4 Å². The van der Waals surface area contributed by atoms with Crippen molar-refractivity contribution in [2.75, 3.05) is 13.7 Å². The first kappa shape index (κ1) is 21.6. The Morgan fingerprint density at radius 1 is 1.26 bits per heavy atom. The van der Waals surface area contributed by atoms with Crippen molar-refractivity contribution < 1.29 is 19.1 Å². The Balaban J connectivity index is 2.54. The fourth-order valence-electron chi connectivity index (χ4n) is 3.44. The summed E-state index contributed by atoms with van der Waals surface area (Å²) in [5.41, 5.74) is 1.18. The Kier molecular flexibility index (Phi) is 7.23. The minimum atomic E-state index is -1.02. The molecule has 0 saturated carbocycles. The lowest BCUT2D eigenvalue weighted by Gasteiger charge is -2.45. The highest BCUT2D eigenvalue weighted by Gasteiger charge is 2.55. The Morgan fingerprint density at radius 2 is 1.89 bits per heavy atom. The second-order valence-electron chi connectivity index (χ2n) is 6.60. The summed E-state index contributed by atoms with van der Waals surface area (Å²) in [6.07, 6.45) is 0.725. The van der Waals surface area contributed by atoms with E-state index in [1.807, 2.05) is 39.8 Å². The molecule has 0 saturated heterocycles.